The van der Waals surface area contributed by atoms with Gasteiger partial charge in [0.15, 0.2) is 5.79 Å². The van der Waals surface area contributed by atoms with Gasteiger partial charge in [-0.05, 0) is 18.6 Å². The van der Waals surface area contributed by atoms with Crippen LogP contribution in [-0.2, 0) is 20.8 Å². The van der Waals surface area contributed by atoms with Crippen molar-refractivity contribution in [3.63, 3.8) is 0 Å². The second-order valence-electron chi connectivity index (χ2n) is 6.70. The summed E-state index contributed by atoms with van der Waals surface area (Å²) < 4.78 is 11.4. The number of likely N-dealkylation sites (tertiary alicyclic amines) is 1. The Hall–Kier alpha value is -1.92. The molecule has 0 aliphatic carbocycles. The molecule has 4 rings (SSSR count). The molecular formula is C18H22N2O4. The summed E-state index contributed by atoms with van der Waals surface area (Å²) >= 11 is 0. The van der Waals surface area contributed by atoms with E-state index in [-0.39, 0.29) is 11.8 Å². The van der Waals surface area contributed by atoms with Gasteiger partial charge in [-0.3, -0.25) is 9.59 Å². The lowest BCUT2D eigenvalue weighted by Gasteiger charge is -2.39. The lowest BCUT2D eigenvalue weighted by Crippen LogP contribution is -2.53. The highest BCUT2D eigenvalue weighted by atomic mass is 16.7. The van der Waals surface area contributed by atoms with Crippen LogP contribution >= 0.6 is 0 Å². The van der Waals surface area contributed by atoms with Crippen molar-refractivity contribution < 1.29 is 19.1 Å². The molecule has 24 heavy (non-hydrogen) atoms. The standard InChI is InChI=1S/C18H22N2O4/c1-13(20-12-14-4-2-3-5-15(14)17(20)22)16(21)19-8-6-18(7-9-19)23-10-11-24-18/h2-5,13H,6-12H2,1H3/t13-/m1/s1. The van der Waals surface area contributed by atoms with E-state index in [0.717, 1.165) is 5.56 Å². The number of piperidine rings is 1. The molecule has 0 bridgehead atoms. The summed E-state index contributed by atoms with van der Waals surface area (Å²) in [4.78, 5) is 28.9. The first-order valence-corrected chi connectivity index (χ1v) is 8.55. The van der Waals surface area contributed by atoms with Crippen LogP contribution in [0.25, 0.3) is 0 Å². The Morgan fingerprint density at radius 3 is 2.50 bits per heavy atom. The van der Waals surface area contributed by atoms with Gasteiger partial charge in [-0.2, -0.15) is 0 Å². The van der Waals surface area contributed by atoms with Crippen LogP contribution in [0.2, 0.25) is 0 Å². The molecular weight excluding hydrogens is 308 g/mol. The Labute approximate surface area is 141 Å². The second-order valence-corrected chi connectivity index (χ2v) is 6.70. The maximum absolute atomic E-state index is 12.8. The molecule has 6 nitrogen and oxygen atoms in total. The zero-order valence-electron chi connectivity index (χ0n) is 13.9. The van der Waals surface area contributed by atoms with E-state index in [4.69, 9.17) is 9.47 Å². The largest absolute Gasteiger partial charge is 0.347 e. The number of carbonyl (C=O) groups excluding carboxylic acids is 2. The van der Waals surface area contributed by atoms with Gasteiger partial charge in [0.25, 0.3) is 5.91 Å². The van der Waals surface area contributed by atoms with Crippen LogP contribution in [0.1, 0.15) is 35.7 Å². The third-order valence-electron chi connectivity index (χ3n) is 5.32. The van der Waals surface area contributed by atoms with Gasteiger partial charge in [0, 0.05) is 38.0 Å². The lowest BCUT2D eigenvalue weighted by atomic mass is 10.0. The third-order valence-corrected chi connectivity index (χ3v) is 5.32. The van der Waals surface area contributed by atoms with Crippen molar-refractivity contribution in [1.82, 2.24) is 9.80 Å². The molecule has 0 aromatic heterocycles. The van der Waals surface area contributed by atoms with E-state index in [2.05, 4.69) is 0 Å². The van der Waals surface area contributed by atoms with Crippen LogP contribution < -0.4 is 0 Å². The van der Waals surface area contributed by atoms with E-state index >= 15 is 0 Å². The summed E-state index contributed by atoms with van der Waals surface area (Å²) in [5, 5.41) is 0. The fraction of sp³-hybridized carbons (Fsp3) is 0.556. The number of benzene rings is 1. The molecule has 2 fully saturated rings. The molecule has 6 heteroatoms. The fourth-order valence-corrected chi connectivity index (χ4v) is 3.84. The highest BCUT2D eigenvalue weighted by Crippen LogP contribution is 2.32. The van der Waals surface area contributed by atoms with Crippen LogP contribution in [0.4, 0.5) is 0 Å². The normalized spacial score (nSPS) is 23.6. The van der Waals surface area contributed by atoms with Gasteiger partial charge in [0.1, 0.15) is 6.04 Å². The summed E-state index contributed by atoms with van der Waals surface area (Å²) in [6.45, 7) is 4.80. The fourth-order valence-electron chi connectivity index (χ4n) is 3.84. The summed E-state index contributed by atoms with van der Waals surface area (Å²) in [6, 6.07) is 7.11. The van der Waals surface area contributed by atoms with Gasteiger partial charge in [0.2, 0.25) is 5.91 Å². The zero-order valence-corrected chi connectivity index (χ0v) is 13.9. The Morgan fingerprint density at radius 2 is 1.83 bits per heavy atom. The number of amides is 2. The van der Waals surface area contributed by atoms with Gasteiger partial charge in [-0.25, -0.2) is 0 Å². The summed E-state index contributed by atoms with van der Waals surface area (Å²) in [6.07, 6.45) is 1.39. The van der Waals surface area contributed by atoms with Crippen LogP contribution in [0.3, 0.4) is 0 Å². The minimum atomic E-state index is -0.486. The van der Waals surface area contributed by atoms with Crippen molar-refractivity contribution in [2.75, 3.05) is 26.3 Å². The molecule has 0 N–H and O–H groups in total. The van der Waals surface area contributed by atoms with Crippen molar-refractivity contribution in [2.45, 2.75) is 38.1 Å². The topological polar surface area (TPSA) is 59.1 Å². The molecule has 128 valence electrons. The molecule has 3 aliphatic rings. The van der Waals surface area contributed by atoms with E-state index in [1.165, 1.54) is 0 Å². The SMILES string of the molecule is C[C@H](C(=O)N1CCC2(CC1)OCCO2)N1Cc2ccccc2C1=O. The molecule has 2 amide bonds. The number of hydrogen-bond donors (Lipinski definition) is 0. The van der Waals surface area contributed by atoms with E-state index in [0.29, 0.717) is 51.3 Å². The van der Waals surface area contributed by atoms with Gasteiger partial charge < -0.3 is 19.3 Å². The molecule has 1 aromatic rings. The molecule has 1 aromatic carbocycles. The average molecular weight is 330 g/mol. The summed E-state index contributed by atoms with van der Waals surface area (Å²) in [5.41, 5.74) is 1.70. The van der Waals surface area contributed by atoms with Crippen LogP contribution in [0.5, 0.6) is 0 Å². The van der Waals surface area contributed by atoms with Gasteiger partial charge in [0.05, 0.1) is 13.2 Å². The lowest BCUT2D eigenvalue weighted by molar-refractivity contribution is -0.188. The van der Waals surface area contributed by atoms with Crippen molar-refractivity contribution >= 4 is 11.8 Å². The number of nitrogens with zero attached hydrogens (tertiary/aromatic N) is 2. The summed E-state index contributed by atoms with van der Waals surface area (Å²) in [7, 11) is 0. The smallest absolute Gasteiger partial charge is 0.255 e. The van der Waals surface area contributed by atoms with Gasteiger partial charge in [-0.1, -0.05) is 18.2 Å². The quantitative estimate of drug-likeness (QED) is 0.822. The van der Waals surface area contributed by atoms with Crippen molar-refractivity contribution in [1.29, 1.82) is 0 Å². The minimum Gasteiger partial charge on any atom is -0.347 e. The predicted octanol–water partition coefficient (Wildman–Crippen LogP) is 1.40. The number of hydrogen-bond acceptors (Lipinski definition) is 4. The Kier molecular flexibility index (Phi) is 3.81. The Morgan fingerprint density at radius 1 is 1.17 bits per heavy atom. The monoisotopic (exact) mass is 330 g/mol. The number of ether oxygens (including phenoxy) is 2. The average Bonchev–Trinajstić information content (AvgIpc) is 3.20. The zero-order chi connectivity index (χ0) is 16.7. The highest BCUT2D eigenvalue weighted by Gasteiger charge is 2.42. The van der Waals surface area contributed by atoms with E-state index in [9.17, 15) is 9.59 Å². The second kappa shape index (κ2) is 5.86. The Bertz CT molecular complexity index is 659. The molecule has 0 radical (unpaired) electrons. The minimum absolute atomic E-state index is 0.00371. The van der Waals surface area contributed by atoms with Crippen LogP contribution in [0, 0.1) is 0 Å². The first kappa shape index (κ1) is 15.6. The summed E-state index contributed by atoms with van der Waals surface area (Å²) in [5.74, 6) is -0.536. The predicted molar refractivity (Wildman–Crippen MR) is 86.2 cm³/mol. The first-order chi connectivity index (χ1) is 11.6. The van der Waals surface area contributed by atoms with Crippen molar-refractivity contribution in [2.24, 2.45) is 0 Å². The maximum atomic E-state index is 12.8. The van der Waals surface area contributed by atoms with Crippen LogP contribution in [0.15, 0.2) is 24.3 Å². The molecule has 2 saturated heterocycles. The molecule has 1 atom stereocenters. The van der Waals surface area contributed by atoms with Gasteiger partial charge in [-0.15, -0.1) is 0 Å². The van der Waals surface area contributed by atoms with Crippen molar-refractivity contribution in [3.05, 3.63) is 35.4 Å². The highest BCUT2D eigenvalue weighted by molar-refractivity contribution is 6.01. The van der Waals surface area contributed by atoms with Crippen LogP contribution in [-0.4, -0.2) is 59.7 Å². The van der Waals surface area contributed by atoms with E-state index < -0.39 is 11.8 Å². The van der Waals surface area contributed by atoms with Crippen molar-refractivity contribution in [3.8, 4) is 0 Å². The van der Waals surface area contributed by atoms with Gasteiger partial charge >= 0.3 is 0 Å². The maximum Gasteiger partial charge on any atom is 0.255 e. The molecule has 0 saturated carbocycles. The Balaban J connectivity index is 1.41. The molecule has 1 spiro atoms. The third kappa shape index (κ3) is 2.50. The van der Waals surface area contributed by atoms with E-state index in [1.54, 1.807) is 4.90 Å². The number of fused-ring (bicyclic) bond motifs is 1. The first-order valence-electron chi connectivity index (χ1n) is 8.55. The molecule has 0 unspecified atom stereocenters. The number of rotatable bonds is 2. The molecule has 3 heterocycles. The molecule has 3 aliphatic heterocycles. The van der Waals surface area contributed by atoms with E-state index in [1.807, 2.05) is 36.1 Å². The number of carbonyl (C=O) groups is 2.